The maximum Gasteiger partial charge on any atom is 0.160 e. The summed E-state index contributed by atoms with van der Waals surface area (Å²) in [6.45, 7) is 0. The summed E-state index contributed by atoms with van der Waals surface area (Å²) < 4.78 is 2.65. The van der Waals surface area contributed by atoms with Crippen LogP contribution in [0.1, 0.15) is 0 Å². The van der Waals surface area contributed by atoms with E-state index in [0.29, 0.717) is 0 Å². The fourth-order valence-corrected chi connectivity index (χ4v) is 7.63. The van der Waals surface area contributed by atoms with Crippen molar-refractivity contribution in [3.63, 3.8) is 0 Å². The van der Waals surface area contributed by atoms with E-state index in [4.69, 9.17) is 9.97 Å². The molecule has 0 amide bonds. The first-order chi connectivity index (χ1) is 23.3. The SMILES string of the molecule is c1ccc(-c2cc(-c3cccc(-c4cccc(-c5ccc6sc7ccc8ccccc8c7c6c5)c4)c3)nc(-c3ccccc3)n2)cc1. The molecule has 0 radical (unpaired) electrons. The van der Waals surface area contributed by atoms with E-state index in [1.165, 1.54) is 47.6 Å². The molecule has 47 heavy (non-hydrogen) atoms. The largest absolute Gasteiger partial charge is 0.228 e. The summed E-state index contributed by atoms with van der Waals surface area (Å²) in [5.41, 5.74) is 9.68. The van der Waals surface area contributed by atoms with Gasteiger partial charge in [0.05, 0.1) is 11.4 Å². The molecule has 0 spiro atoms. The average molecular weight is 617 g/mol. The molecule has 9 aromatic rings. The molecule has 2 nitrogen and oxygen atoms in total. The molecular weight excluding hydrogens is 589 g/mol. The van der Waals surface area contributed by atoms with E-state index in [-0.39, 0.29) is 0 Å². The molecule has 2 heterocycles. The van der Waals surface area contributed by atoms with Crippen LogP contribution in [-0.4, -0.2) is 9.97 Å². The first-order valence-corrected chi connectivity index (χ1v) is 16.6. The van der Waals surface area contributed by atoms with E-state index in [2.05, 4.69) is 133 Å². The topological polar surface area (TPSA) is 25.8 Å². The maximum absolute atomic E-state index is 5.06. The highest BCUT2D eigenvalue weighted by atomic mass is 32.1. The van der Waals surface area contributed by atoms with Crippen molar-refractivity contribution in [2.45, 2.75) is 0 Å². The minimum atomic E-state index is 0.721. The van der Waals surface area contributed by atoms with Crippen molar-refractivity contribution in [3.05, 3.63) is 170 Å². The van der Waals surface area contributed by atoms with E-state index >= 15 is 0 Å². The van der Waals surface area contributed by atoms with Crippen LogP contribution < -0.4 is 0 Å². The predicted molar refractivity (Wildman–Crippen MR) is 200 cm³/mol. The molecular formula is C44H28N2S. The summed E-state index contributed by atoms with van der Waals surface area (Å²) in [6, 6.07) is 60.3. The van der Waals surface area contributed by atoms with Gasteiger partial charge in [-0.25, -0.2) is 9.97 Å². The second-order valence-corrected chi connectivity index (χ2v) is 12.9. The van der Waals surface area contributed by atoms with Crippen LogP contribution in [0, 0.1) is 0 Å². The van der Waals surface area contributed by atoms with Crippen LogP contribution in [0.3, 0.4) is 0 Å². The van der Waals surface area contributed by atoms with Crippen molar-refractivity contribution < 1.29 is 0 Å². The third-order valence-corrected chi connectivity index (χ3v) is 10.0. The van der Waals surface area contributed by atoms with E-state index in [1.807, 2.05) is 47.7 Å². The number of benzene rings is 7. The lowest BCUT2D eigenvalue weighted by atomic mass is 9.96. The van der Waals surface area contributed by atoms with Crippen molar-refractivity contribution in [2.24, 2.45) is 0 Å². The highest BCUT2D eigenvalue weighted by Gasteiger charge is 2.13. The molecule has 7 aromatic carbocycles. The summed E-state index contributed by atoms with van der Waals surface area (Å²) >= 11 is 1.87. The fraction of sp³-hybridized carbons (Fsp3) is 0. The van der Waals surface area contributed by atoms with Crippen molar-refractivity contribution in [2.75, 3.05) is 0 Å². The number of thiophene rings is 1. The third-order valence-electron chi connectivity index (χ3n) is 8.87. The Kier molecular flexibility index (Phi) is 6.69. The van der Waals surface area contributed by atoms with Crippen LogP contribution in [0.2, 0.25) is 0 Å². The van der Waals surface area contributed by atoms with E-state index < -0.39 is 0 Å². The van der Waals surface area contributed by atoms with Gasteiger partial charge in [-0.2, -0.15) is 0 Å². The summed E-state index contributed by atoms with van der Waals surface area (Å²) in [5, 5.41) is 5.26. The Morgan fingerprint density at radius 2 is 0.894 bits per heavy atom. The highest BCUT2D eigenvalue weighted by molar-refractivity contribution is 7.26. The predicted octanol–water partition coefficient (Wildman–Crippen LogP) is 12.3. The molecule has 0 bridgehead atoms. The number of hydrogen-bond acceptors (Lipinski definition) is 3. The van der Waals surface area contributed by atoms with Crippen molar-refractivity contribution in [3.8, 4) is 56.2 Å². The Balaban J connectivity index is 1.13. The Labute approximate surface area is 277 Å². The molecule has 9 rings (SSSR count). The Bertz CT molecular complexity index is 2510. The lowest BCUT2D eigenvalue weighted by Crippen LogP contribution is -1.96. The third kappa shape index (κ3) is 5.07. The van der Waals surface area contributed by atoms with Gasteiger partial charge < -0.3 is 0 Å². The van der Waals surface area contributed by atoms with Gasteiger partial charge in [-0.1, -0.05) is 133 Å². The Morgan fingerprint density at radius 3 is 1.64 bits per heavy atom. The number of fused-ring (bicyclic) bond motifs is 5. The number of hydrogen-bond donors (Lipinski definition) is 0. The van der Waals surface area contributed by atoms with Crippen molar-refractivity contribution in [1.29, 1.82) is 0 Å². The van der Waals surface area contributed by atoms with E-state index in [0.717, 1.165) is 39.5 Å². The summed E-state index contributed by atoms with van der Waals surface area (Å²) in [4.78, 5) is 10.0. The highest BCUT2D eigenvalue weighted by Crippen LogP contribution is 2.40. The molecule has 0 atom stereocenters. The minimum absolute atomic E-state index is 0.721. The van der Waals surface area contributed by atoms with E-state index in [1.54, 1.807) is 0 Å². The van der Waals surface area contributed by atoms with Crippen LogP contribution in [0.5, 0.6) is 0 Å². The minimum Gasteiger partial charge on any atom is -0.228 e. The monoisotopic (exact) mass is 616 g/mol. The lowest BCUT2D eigenvalue weighted by molar-refractivity contribution is 1.18. The number of rotatable bonds is 5. The first-order valence-electron chi connectivity index (χ1n) is 15.8. The van der Waals surface area contributed by atoms with Gasteiger partial charge >= 0.3 is 0 Å². The smallest absolute Gasteiger partial charge is 0.160 e. The Morgan fingerprint density at radius 1 is 0.340 bits per heavy atom. The molecule has 2 aromatic heterocycles. The zero-order valence-corrected chi connectivity index (χ0v) is 26.3. The molecule has 0 saturated heterocycles. The van der Waals surface area contributed by atoms with Gasteiger partial charge in [0.1, 0.15) is 0 Å². The van der Waals surface area contributed by atoms with Crippen LogP contribution in [0.15, 0.2) is 170 Å². The number of aromatic nitrogens is 2. The molecule has 0 saturated carbocycles. The van der Waals surface area contributed by atoms with Gasteiger partial charge in [-0.05, 0) is 69.4 Å². The van der Waals surface area contributed by atoms with Gasteiger partial charge in [0.25, 0.3) is 0 Å². The first kappa shape index (κ1) is 27.4. The zero-order chi connectivity index (χ0) is 31.2. The zero-order valence-electron chi connectivity index (χ0n) is 25.5. The molecule has 0 aliphatic rings. The second-order valence-electron chi connectivity index (χ2n) is 11.8. The molecule has 0 aliphatic heterocycles. The normalized spacial score (nSPS) is 11.4. The van der Waals surface area contributed by atoms with Crippen LogP contribution >= 0.6 is 11.3 Å². The maximum atomic E-state index is 5.06. The van der Waals surface area contributed by atoms with Crippen LogP contribution in [-0.2, 0) is 0 Å². The van der Waals surface area contributed by atoms with Gasteiger partial charge in [-0.3, -0.25) is 0 Å². The van der Waals surface area contributed by atoms with Crippen molar-refractivity contribution >= 4 is 42.3 Å². The molecule has 3 heteroatoms. The fourth-order valence-electron chi connectivity index (χ4n) is 6.53. The average Bonchev–Trinajstić information content (AvgIpc) is 3.54. The van der Waals surface area contributed by atoms with Gasteiger partial charge in [0.2, 0.25) is 0 Å². The van der Waals surface area contributed by atoms with Gasteiger partial charge in [0.15, 0.2) is 5.82 Å². The van der Waals surface area contributed by atoms with Crippen molar-refractivity contribution in [1.82, 2.24) is 9.97 Å². The molecule has 0 fully saturated rings. The van der Waals surface area contributed by atoms with E-state index in [9.17, 15) is 0 Å². The van der Waals surface area contributed by atoms with Crippen LogP contribution in [0.25, 0.3) is 87.1 Å². The quantitative estimate of drug-likeness (QED) is 0.192. The second kappa shape index (κ2) is 11.5. The molecule has 220 valence electrons. The van der Waals surface area contributed by atoms with Gasteiger partial charge in [0, 0.05) is 36.9 Å². The van der Waals surface area contributed by atoms with Gasteiger partial charge in [-0.15, -0.1) is 11.3 Å². The number of nitrogens with zero attached hydrogens (tertiary/aromatic N) is 2. The molecule has 0 N–H and O–H groups in total. The van der Waals surface area contributed by atoms with Crippen LogP contribution in [0.4, 0.5) is 0 Å². The standard InChI is InChI=1S/C44H28N2S/c1-3-12-30(13-4-1)39-28-40(46-44(45-39)31-14-5-2-6-15-31)36-19-10-18-34(26-36)32-16-9-17-33(25-32)35-22-23-41-38(27-35)43-37-20-8-7-11-29(37)21-24-42(43)47-41/h1-28H. The Hall–Kier alpha value is -5.90. The molecule has 0 aliphatic carbocycles. The molecule has 0 unspecified atom stereocenters. The summed E-state index contributed by atoms with van der Waals surface area (Å²) in [7, 11) is 0. The lowest BCUT2D eigenvalue weighted by Gasteiger charge is -2.11. The summed E-state index contributed by atoms with van der Waals surface area (Å²) in [5.74, 6) is 0.721. The summed E-state index contributed by atoms with van der Waals surface area (Å²) in [6.07, 6.45) is 0.